The van der Waals surface area contributed by atoms with Crippen LogP contribution in [0.25, 0.3) is 0 Å². The molecule has 3 N–H and O–H groups in total. The first-order valence-corrected chi connectivity index (χ1v) is 5.06. The van der Waals surface area contributed by atoms with Gasteiger partial charge in [-0.3, -0.25) is 4.79 Å². The van der Waals surface area contributed by atoms with Crippen molar-refractivity contribution in [2.75, 3.05) is 13.7 Å². The van der Waals surface area contributed by atoms with Gasteiger partial charge in [0.1, 0.15) is 0 Å². The lowest BCUT2D eigenvalue weighted by atomic mass is 10.0. The predicted octanol–water partition coefficient (Wildman–Crippen LogP) is 0.574. The molecule has 0 bridgehead atoms. The molecule has 0 saturated heterocycles. The lowest BCUT2D eigenvalue weighted by Crippen LogP contribution is -2.52. The van der Waals surface area contributed by atoms with Crippen LogP contribution in [-0.2, 0) is 9.53 Å². The van der Waals surface area contributed by atoms with Crippen molar-refractivity contribution >= 4 is 12.0 Å². The zero-order valence-electron chi connectivity index (χ0n) is 10.2. The summed E-state index contributed by atoms with van der Waals surface area (Å²) in [5, 5.41) is 13.9. The first-order valence-electron chi connectivity index (χ1n) is 5.06. The monoisotopic (exact) mass is 232 g/mol. The van der Waals surface area contributed by atoms with Crippen LogP contribution >= 0.6 is 0 Å². The van der Waals surface area contributed by atoms with Gasteiger partial charge in [-0.15, -0.1) is 0 Å². The van der Waals surface area contributed by atoms with Gasteiger partial charge in [0.05, 0.1) is 19.1 Å². The fourth-order valence-electron chi connectivity index (χ4n) is 1.28. The average Bonchev–Trinajstić information content (AvgIpc) is 1.98. The summed E-state index contributed by atoms with van der Waals surface area (Å²) in [5.74, 6) is -0.949. The number of hydrogen-bond acceptors (Lipinski definition) is 3. The van der Waals surface area contributed by atoms with Crippen LogP contribution in [0.5, 0.6) is 0 Å². The fourth-order valence-corrected chi connectivity index (χ4v) is 1.28. The van der Waals surface area contributed by atoms with E-state index in [9.17, 15) is 9.59 Å². The van der Waals surface area contributed by atoms with Gasteiger partial charge < -0.3 is 20.5 Å². The molecule has 94 valence electrons. The second kappa shape index (κ2) is 6.32. The number of aliphatic carboxylic acids is 1. The van der Waals surface area contributed by atoms with Crippen molar-refractivity contribution in [2.24, 2.45) is 0 Å². The number of methoxy groups -OCH3 is 1. The molecule has 0 aromatic carbocycles. The minimum absolute atomic E-state index is 0.120. The van der Waals surface area contributed by atoms with E-state index in [0.29, 0.717) is 6.61 Å². The zero-order valence-corrected chi connectivity index (χ0v) is 10.2. The third-order valence-electron chi connectivity index (χ3n) is 1.84. The van der Waals surface area contributed by atoms with Crippen molar-refractivity contribution in [3.05, 3.63) is 0 Å². The molecule has 0 aromatic rings. The fraction of sp³-hybridized carbons (Fsp3) is 0.800. The third kappa shape index (κ3) is 7.05. The van der Waals surface area contributed by atoms with Crippen LogP contribution in [0.3, 0.4) is 0 Å². The Hall–Kier alpha value is -1.30. The third-order valence-corrected chi connectivity index (χ3v) is 1.84. The Morgan fingerprint density at radius 3 is 2.44 bits per heavy atom. The lowest BCUT2D eigenvalue weighted by molar-refractivity contribution is -0.138. The Morgan fingerprint density at radius 1 is 1.44 bits per heavy atom. The number of urea groups is 1. The van der Waals surface area contributed by atoms with E-state index in [-0.39, 0.29) is 12.5 Å². The summed E-state index contributed by atoms with van der Waals surface area (Å²) in [6.45, 7) is 5.52. The van der Waals surface area contributed by atoms with Gasteiger partial charge >= 0.3 is 12.0 Å². The maximum atomic E-state index is 11.5. The number of amides is 2. The highest BCUT2D eigenvalue weighted by atomic mass is 16.5. The van der Waals surface area contributed by atoms with E-state index in [1.54, 1.807) is 27.9 Å². The largest absolute Gasteiger partial charge is 0.481 e. The van der Waals surface area contributed by atoms with Gasteiger partial charge in [0.2, 0.25) is 0 Å². The van der Waals surface area contributed by atoms with E-state index in [1.807, 2.05) is 0 Å². The van der Waals surface area contributed by atoms with Gasteiger partial charge in [-0.25, -0.2) is 4.79 Å². The highest BCUT2D eigenvalue weighted by Gasteiger charge is 2.24. The highest BCUT2D eigenvalue weighted by molar-refractivity contribution is 5.76. The number of carboxylic acid groups (broad SMARTS) is 1. The molecule has 2 amide bonds. The van der Waals surface area contributed by atoms with Gasteiger partial charge in [0, 0.05) is 12.6 Å². The average molecular weight is 232 g/mol. The lowest BCUT2D eigenvalue weighted by Gasteiger charge is -2.25. The molecule has 0 rings (SSSR count). The molecule has 0 aliphatic carbocycles. The van der Waals surface area contributed by atoms with E-state index in [1.165, 1.54) is 0 Å². The van der Waals surface area contributed by atoms with Crippen LogP contribution in [0, 0.1) is 0 Å². The Labute approximate surface area is 95.4 Å². The summed E-state index contributed by atoms with van der Waals surface area (Å²) in [7, 11) is 1.55. The molecule has 0 spiro atoms. The first-order chi connectivity index (χ1) is 7.26. The Morgan fingerprint density at radius 2 is 2.00 bits per heavy atom. The van der Waals surface area contributed by atoms with Crippen molar-refractivity contribution in [3.8, 4) is 0 Å². The quantitative estimate of drug-likeness (QED) is 0.625. The summed E-state index contributed by atoms with van der Waals surface area (Å²) < 4.78 is 4.86. The first kappa shape index (κ1) is 14.7. The van der Waals surface area contributed by atoms with Crippen LogP contribution in [0.2, 0.25) is 0 Å². The van der Waals surface area contributed by atoms with Crippen LogP contribution in [0.1, 0.15) is 27.2 Å². The Bertz CT molecular complexity index is 253. The molecule has 1 unspecified atom stereocenters. The number of carbonyl (C=O) groups excluding carboxylic acids is 1. The van der Waals surface area contributed by atoms with E-state index >= 15 is 0 Å². The van der Waals surface area contributed by atoms with Crippen LogP contribution in [-0.4, -0.2) is 42.4 Å². The molecule has 0 heterocycles. The number of ether oxygens (including phenoxy) is 1. The second-order valence-corrected chi connectivity index (χ2v) is 4.41. The van der Waals surface area contributed by atoms with Crippen molar-refractivity contribution in [2.45, 2.75) is 38.8 Å². The summed E-state index contributed by atoms with van der Waals surface area (Å²) in [6, 6.07) is -0.513. The van der Waals surface area contributed by atoms with E-state index in [4.69, 9.17) is 9.84 Å². The van der Waals surface area contributed by atoms with Gasteiger partial charge in [-0.05, 0) is 20.8 Å². The topological polar surface area (TPSA) is 87.7 Å². The maximum Gasteiger partial charge on any atom is 0.315 e. The van der Waals surface area contributed by atoms with Gasteiger partial charge in [0.15, 0.2) is 0 Å². The summed E-state index contributed by atoms with van der Waals surface area (Å²) in [5.41, 5.74) is -0.775. The van der Waals surface area contributed by atoms with Crippen LogP contribution < -0.4 is 10.6 Å². The minimum Gasteiger partial charge on any atom is -0.481 e. The van der Waals surface area contributed by atoms with E-state index in [2.05, 4.69) is 10.6 Å². The SMILES string of the molecule is COCC(C)NC(=O)NC(C)(C)CC(=O)O. The van der Waals surface area contributed by atoms with Crippen molar-refractivity contribution in [1.82, 2.24) is 10.6 Å². The highest BCUT2D eigenvalue weighted by Crippen LogP contribution is 2.07. The summed E-state index contributed by atoms with van der Waals surface area (Å²) >= 11 is 0. The summed E-state index contributed by atoms with van der Waals surface area (Å²) in [4.78, 5) is 22.0. The van der Waals surface area contributed by atoms with Crippen molar-refractivity contribution in [3.63, 3.8) is 0 Å². The molecule has 0 aliphatic heterocycles. The van der Waals surface area contributed by atoms with Crippen LogP contribution in [0.4, 0.5) is 4.79 Å². The number of nitrogens with one attached hydrogen (secondary N) is 2. The van der Waals surface area contributed by atoms with Gasteiger partial charge in [-0.1, -0.05) is 0 Å². The molecule has 6 nitrogen and oxygen atoms in total. The maximum absolute atomic E-state index is 11.5. The number of hydrogen-bond donors (Lipinski definition) is 3. The predicted molar refractivity (Wildman–Crippen MR) is 59.3 cm³/mol. The molecule has 6 heteroatoms. The number of carboxylic acids is 1. The van der Waals surface area contributed by atoms with Gasteiger partial charge in [0.25, 0.3) is 0 Å². The van der Waals surface area contributed by atoms with E-state index < -0.39 is 17.5 Å². The minimum atomic E-state index is -0.949. The normalized spacial score (nSPS) is 13.0. The molecule has 0 radical (unpaired) electrons. The van der Waals surface area contributed by atoms with E-state index in [0.717, 1.165) is 0 Å². The zero-order chi connectivity index (χ0) is 12.8. The Kier molecular flexibility index (Phi) is 5.81. The Balaban J connectivity index is 4.07. The molecule has 16 heavy (non-hydrogen) atoms. The van der Waals surface area contributed by atoms with Crippen molar-refractivity contribution < 1.29 is 19.4 Å². The molecule has 0 saturated carbocycles. The molecule has 0 aromatic heterocycles. The van der Waals surface area contributed by atoms with Gasteiger partial charge in [-0.2, -0.15) is 0 Å². The molecular formula is C10H20N2O4. The smallest absolute Gasteiger partial charge is 0.315 e. The number of rotatable bonds is 6. The number of carbonyl (C=O) groups is 2. The van der Waals surface area contributed by atoms with Crippen LogP contribution in [0.15, 0.2) is 0 Å². The molecule has 0 aliphatic rings. The molecule has 0 fully saturated rings. The summed E-state index contributed by atoms with van der Waals surface area (Å²) in [6.07, 6.45) is -0.126. The molecular weight excluding hydrogens is 212 g/mol. The second-order valence-electron chi connectivity index (χ2n) is 4.41. The standard InChI is InChI=1S/C10H20N2O4/c1-7(6-16-4)11-9(15)12-10(2,3)5-8(13)14/h7H,5-6H2,1-4H3,(H,13,14)(H2,11,12,15). The van der Waals surface area contributed by atoms with Crippen molar-refractivity contribution in [1.29, 1.82) is 0 Å². The molecule has 1 atom stereocenters.